The van der Waals surface area contributed by atoms with Crippen LogP contribution >= 0.6 is 11.8 Å². The standard InChI is InChI=1S/C30H36O6S/c31-29(32)16-17-33-18-19-34-20-21-35-22-23-36-24-25-37-30(26-10-4-1-5-11-26,27-12-6-2-7-13-27)28-14-8-3-9-15-28/h1-15H,16-25H2,(H,31,32). The first-order valence-electron chi connectivity index (χ1n) is 12.6. The highest BCUT2D eigenvalue weighted by molar-refractivity contribution is 8.00. The van der Waals surface area contributed by atoms with E-state index in [1.807, 2.05) is 11.8 Å². The first kappa shape index (κ1) is 28.9. The molecule has 0 saturated heterocycles. The van der Waals surface area contributed by atoms with E-state index < -0.39 is 5.97 Å². The molecule has 198 valence electrons. The molecule has 3 aromatic rings. The second kappa shape index (κ2) is 16.9. The number of benzene rings is 3. The Labute approximate surface area is 223 Å². The van der Waals surface area contributed by atoms with Gasteiger partial charge in [-0.15, -0.1) is 11.8 Å². The van der Waals surface area contributed by atoms with Crippen LogP contribution in [0.4, 0.5) is 0 Å². The zero-order valence-corrected chi connectivity index (χ0v) is 21.9. The van der Waals surface area contributed by atoms with E-state index in [9.17, 15) is 4.79 Å². The van der Waals surface area contributed by atoms with Crippen molar-refractivity contribution in [2.45, 2.75) is 11.2 Å². The van der Waals surface area contributed by atoms with Crippen molar-refractivity contribution < 1.29 is 28.8 Å². The van der Waals surface area contributed by atoms with E-state index in [0.29, 0.717) is 46.2 Å². The Kier molecular flexibility index (Phi) is 13.2. The maximum Gasteiger partial charge on any atom is 0.305 e. The van der Waals surface area contributed by atoms with Crippen LogP contribution in [0.1, 0.15) is 23.1 Å². The van der Waals surface area contributed by atoms with Gasteiger partial charge in [0.2, 0.25) is 0 Å². The molecular formula is C30H36O6S. The summed E-state index contributed by atoms with van der Waals surface area (Å²) < 4.78 is 21.7. The second-order valence-electron chi connectivity index (χ2n) is 8.22. The van der Waals surface area contributed by atoms with Gasteiger partial charge in [-0.25, -0.2) is 0 Å². The lowest BCUT2D eigenvalue weighted by atomic mass is 9.84. The molecule has 0 aromatic heterocycles. The number of carboxylic acids is 1. The monoisotopic (exact) mass is 524 g/mol. The van der Waals surface area contributed by atoms with Crippen LogP contribution in [0.2, 0.25) is 0 Å². The zero-order chi connectivity index (χ0) is 26.0. The summed E-state index contributed by atoms with van der Waals surface area (Å²) in [6, 6.07) is 32.0. The van der Waals surface area contributed by atoms with Gasteiger partial charge in [0.05, 0.1) is 64.0 Å². The SMILES string of the molecule is O=C(O)CCOCCOCCOCCOCCSC(c1ccccc1)(c1ccccc1)c1ccccc1. The van der Waals surface area contributed by atoms with Crippen molar-refractivity contribution in [3.63, 3.8) is 0 Å². The Morgan fingerprint density at radius 3 is 1.30 bits per heavy atom. The highest BCUT2D eigenvalue weighted by atomic mass is 32.2. The summed E-state index contributed by atoms with van der Waals surface area (Å²) in [4.78, 5) is 10.4. The van der Waals surface area contributed by atoms with Gasteiger partial charge < -0.3 is 24.1 Å². The van der Waals surface area contributed by atoms with Crippen LogP contribution in [0, 0.1) is 0 Å². The fourth-order valence-corrected chi connectivity index (χ4v) is 5.36. The number of hydrogen-bond acceptors (Lipinski definition) is 6. The van der Waals surface area contributed by atoms with E-state index in [4.69, 9.17) is 24.1 Å². The van der Waals surface area contributed by atoms with Crippen molar-refractivity contribution in [2.75, 3.05) is 58.6 Å². The highest BCUT2D eigenvalue weighted by Crippen LogP contribution is 2.48. The molecule has 3 aromatic carbocycles. The molecule has 0 bridgehead atoms. The normalized spacial score (nSPS) is 11.5. The van der Waals surface area contributed by atoms with E-state index in [2.05, 4.69) is 91.0 Å². The van der Waals surface area contributed by atoms with E-state index in [1.165, 1.54) is 16.7 Å². The Hall–Kier alpha value is -2.68. The average Bonchev–Trinajstić information content (AvgIpc) is 2.94. The molecular weight excluding hydrogens is 488 g/mol. The number of hydrogen-bond donors (Lipinski definition) is 1. The van der Waals surface area contributed by atoms with Crippen molar-refractivity contribution in [3.8, 4) is 0 Å². The van der Waals surface area contributed by atoms with Crippen LogP contribution < -0.4 is 0 Å². The number of ether oxygens (including phenoxy) is 4. The van der Waals surface area contributed by atoms with Gasteiger partial charge in [0.15, 0.2) is 0 Å². The summed E-state index contributed by atoms with van der Waals surface area (Å²) >= 11 is 1.88. The Balaban J connectivity index is 1.42. The smallest absolute Gasteiger partial charge is 0.305 e. The van der Waals surface area contributed by atoms with Crippen LogP contribution in [0.5, 0.6) is 0 Å². The van der Waals surface area contributed by atoms with Crippen molar-refractivity contribution in [1.29, 1.82) is 0 Å². The first-order valence-corrected chi connectivity index (χ1v) is 13.6. The summed E-state index contributed by atoms with van der Waals surface area (Å²) in [5, 5.41) is 8.54. The van der Waals surface area contributed by atoms with Crippen LogP contribution in [0.3, 0.4) is 0 Å². The predicted molar refractivity (Wildman–Crippen MR) is 147 cm³/mol. The van der Waals surface area contributed by atoms with Gasteiger partial charge >= 0.3 is 5.97 Å². The lowest BCUT2D eigenvalue weighted by molar-refractivity contribution is -0.138. The number of carboxylic acid groups (broad SMARTS) is 1. The fraction of sp³-hybridized carbons (Fsp3) is 0.367. The quantitative estimate of drug-likeness (QED) is 0.170. The maximum atomic E-state index is 10.4. The molecule has 0 saturated carbocycles. The summed E-state index contributed by atoms with van der Waals surface area (Å²) in [7, 11) is 0. The summed E-state index contributed by atoms with van der Waals surface area (Å²) in [6.07, 6.45) is 0.00731. The molecule has 0 radical (unpaired) electrons. The van der Waals surface area contributed by atoms with Gasteiger partial charge in [0, 0.05) is 5.75 Å². The van der Waals surface area contributed by atoms with E-state index in [0.717, 1.165) is 5.75 Å². The zero-order valence-electron chi connectivity index (χ0n) is 21.1. The third kappa shape index (κ3) is 9.61. The summed E-state index contributed by atoms with van der Waals surface area (Å²) in [6.45, 7) is 3.59. The number of thioether (sulfide) groups is 1. The molecule has 1 N–H and O–H groups in total. The van der Waals surface area contributed by atoms with Crippen molar-refractivity contribution >= 4 is 17.7 Å². The lowest BCUT2D eigenvalue weighted by Crippen LogP contribution is -2.26. The number of rotatable bonds is 19. The van der Waals surface area contributed by atoms with E-state index in [1.54, 1.807) is 0 Å². The highest BCUT2D eigenvalue weighted by Gasteiger charge is 2.36. The van der Waals surface area contributed by atoms with Gasteiger partial charge in [-0.05, 0) is 16.7 Å². The minimum absolute atomic E-state index is 0.00731. The molecule has 0 aliphatic carbocycles. The molecule has 0 aliphatic rings. The Morgan fingerprint density at radius 2 is 0.919 bits per heavy atom. The third-order valence-electron chi connectivity index (χ3n) is 5.66. The molecule has 0 aliphatic heterocycles. The summed E-state index contributed by atoms with van der Waals surface area (Å²) in [5.41, 5.74) is 3.73. The number of aliphatic carboxylic acids is 1. The van der Waals surface area contributed by atoms with Crippen molar-refractivity contribution in [2.24, 2.45) is 0 Å². The molecule has 3 rings (SSSR count). The third-order valence-corrected chi connectivity index (χ3v) is 7.17. The minimum atomic E-state index is -0.863. The molecule has 0 spiro atoms. The molecule has 0 amide bonds. The van der Waals surface area contributed by atoms with Crippen LogP contribution in [0.25, 0.3) is 0 Å². The van der Waals surface area contributed by atoms with Gasteiger partial charge in [0.25, 0.3) is 0 Å². The molecule has 0 fully saturated rings. The molecule has 37 heavy (non-hydrogen) atoms. The van der Waals surface area contributed by atoms with Gasteiger partial charge in [-0.1, -0.05) is 91.0 Å². The van der Waals surface area contributed by atoms with Crippen LogP contribution in [-0.4, -0.2) is 69.7 Å². The average molecular weight is 525 g/mol. The first-order chi connectivity index (χ1) is 18.2. The largest absolute Gasteiger partial charge is 0.481 e. The van der Waals surface area contributed by atoms with Gasteiger partial charge in [0.1, 0.15) is 0 Å². The van der Waals surface area contributed by atoms with E-state index >= 15 is 0 Å². The van der Waals surface area contributed by atoms with Crippen LogP contribution in [0.15, 0.2) is 91.0 Å². The molecule has 0 heterocycles. The summed E-state index contributed by atoms with van der Waals surface area (Å²) in [5.74, 6) is -0.0398. The molecule has 0 atom stereocenters. The van der Waals surface area contributed by atoms with Gasteiger partial charge in [-0.2, -0.15) is 0 Å². The minimum Gasteiger partial charge on any atom is -0.481 e. The Bertz CT molecular complexity index is 904. The van der Waals surface area contributed by atoms with E-state index in [-0.39, 0.29) is 17.8 Å². The second-order valence-corrected chi connectivity index (χ2v) is 9.53. The molecule has 6 nitrogen and oxygen atoms in total. The predicted octanol–water partition coefficient (Wildman–Crippen LogP) is 5.25. The molecule has 0 unspecified atom stereocenters. The number of carbonyl (C=O) groups is 1. The van der Waals surface area contributed by atoms with Crippen LogP contribution in [-0.2, 0) is 28.5 Å². The van der Waals surface area contributed by atoms with Crippen molar-refractivity contribution in [3.05, 3.63) is 108 Å². The lowest BCUT2D eigenvalue weighted by Gasteiger charge is -2.35. The van der Waals surface area contributed by atoms with Crippen molar-refractivity contribution in [1.82, 2.24) is 0 Å². The fourth-order valence-electron chi connectivity index (χ4n) is 3.94. The van der Waals surface area contributed by atoms with Gasteiger partial charge in [-0.3, -0.25) is 4.79 Å². The maximum absolute atomic E-state index is 10.4. The Morgan fingerprint density at radius 1 is 0.568 bits per heavy atom. The topological polar surface area (TPSA) is 74.2 Å². The molecule has 7 heteroatoms.